The molecule has 0 aliphatic heterocycles. The highest BCUT2D eigenvalue weighted by Gasteiger charge is 2.12. The Hall–Kier alpha value is -3.13. The van der Waals surface area contributed by atoms with E-state index in [-0.39, 0.29) is 0 Å². The van der Waals surface area contributed by atoms with Gasteiger partial charge in [0.1, 0.15) is 5.69 Å². The highest BCUT2D eigenvalue weighted by atomic mass is 79.9. The van der Waals surface area contributed by atoms with Crippen LogP contribution in [0.3, 0.4) is 0 Å². The Morgan fingerprint density at radius 2 is 1.93 bits per heavy atom. The van der Waals surface area contributed by atoms with Crippen LogP contribution in [0.4, 0.5) is 0 Å². The molecule has 27 heavy (non-hydrogen) atoms. The van der Waals surface area contributed by atoms with Crippen LogP contribution in [0.2, 0.25) is 0 Å². The fourth-order valence-corrected chi connectivity index (χ4v) is 2.77. The number of carbonyl (C=O) groups excluding carboxylic acids is 1. The van der Waals surface area contributed by atoms with Crippen molar-refractivity contribution in [3.05, 3.63) is 64.3 Å². The molecule has 0 atom stereocenters. The highest BCUT2D eigenvalue weighted by Crippen LogP contribution is 2.31. The zero-order valence-electron chi connectivity index (χ0n) is 14.7. The molecule has 0 bridgehead atoms. The maximum absolute atomic E-state index is 12.2. The normalized spacial score (nSPS) is 10.8. The number of hydrazone groups is 1. The van der Waals surface area contributed by atoms with E-state index in [0.29, 0.717) is 22.9 Å². The number of halogens is 1. The number of H-pyrrole nitrogens is 1. The lowest BCUT2D eigenvalue weighted by Crippen LogP contribution is -2.18. The van der Waals surface area contributed by atoms with Gasteiger partial charge in [-0.3, -0.25) is 9.89 Å². The number of aromatic nitrogens is 2. The molecule has 3 rings (SSSR count). The summed E-state index contributed by atoms with van der Waals surface area (Å²) in [5.41, 5.74) is 5.02. The second-order valence-electron chi connectivity index (χ2n) is 5.46. The van der Waals surface area contributed by atoms with E-state index in [1.165, 1.54) is 0 Å². The van der Waals surface area contributed by atoms with E-state index >= 15 is 0 Å². The summed E-state index contributed by atoms with van der Waals surface area (Å²) in [6.07, 6.45) is 1.56. The van der Waals surface area contributed by atoms with Crippen LogP contribution in [0.25, 0.3) is 11.3 Å². The molecular formula is C19H17BrN4O3. The van der Waals surface area contributed by atoms with Gasteiger partial charge in [-0.25, -0.2) is 5.43 Å². The molecule has 0 spiro atoms. The molecule has 1 aromatic heterocycles. The van der Waals surface area contributed by atoms with Crippen molar-refractivity contribution in [3.8, 4) is 22.8 Å². The number of methoxy groups -OCH3 is 2. The van der Waals surface area contributed by atoms with Crippen LogP contribution < -0.4 is 14.9 Å². The fourth-order valence-electron chi connectivity index (χ4n) is 2.38. The lowest BCUT2D eigenvalue weighted by atomic mass is 10.1. The van der Waals surface area contributed by atoms with Gasteiger partial charge < -0.3 is 9.47 Å². The zero-order chi connectivity index (χ0) is 19.2. The van der Waals surface area contributed by atoms with Crippen LogP contribution in [-0.2, 0) is 0 Å². The topological polar surface area (TPSA) is 88.6 Å². The van der Waals surface area contributed by atoms with E-state index in [2.05, 4.69) is 36.7 Å². The maximum atomic E-state index is 12.2. The quantitative estimate of drug-likeness (QED) is 0.463. The number of nitrogens with one attached hydrogen (secondary N) is 2. The first-order valence-corrected chi connectivity index (χ1v) is 8.77. The molecule has 0 unspecified atom stereocenters. The average Bonchev–Trinajstić information content (AvgIpc) is 3.19. The Morgan fingerprint density at radius 3 is 2.67 bits per heavy atom. The van der Waals surface area contributed by atoms with Gasteiger partial charge in [0.05, 0.1) is 26.1 Å². The minimum Gasteiger partial charge on any atom is -0.493 e. The van der Waals surface area contributed by atoms with Crippen molar-refractivity contribution in [3.63, 3.8) is 0 Å². The van der Waals surface area contributed by atoms with Crippen LogP contribution in [-0.4, -0.2) is 36.5 Å². The van der Waals surface area contributed by atoms with Gasteiger partial charge in [0.25, 0.3) is 5.91 Å². The summed E-state index contributed by atoms with van der Waals surface area (Å²) >= 11 is 3.42. The van der Waals surface area contributed by atoms with E-state index in [1.807, 2.05) is 30.3 Å². The molecule has 0 aliphatic rings. The van der Waals surface area contributed by atoms with Gasteiger partial charge >= 0.3 is 0 Å². The molecule has 0 aliphatic carbocycles. The van der Waals surface area contributed by atoms with Gasteiger partial charge in [-0.05, 0) is 30.3 Å². The van der Waals surface area contributed by atoms with E-state index in [9.17, 15) is 4.79 Å². The van der Waals surface area contributed by atoms with Crippen LogP contribution in [0.15, 0.2) is 58.1 Å². The van der Waals surface area contributed by atoms with E-state index in [0.717, 1.165) is 15.6 Å². The van der Waals surface area contributed by atoms with Gasteiger partial charge in [-0.1, -0.05) is 34.1 Å². The minimum absolute atomic E-state index is 0.295. The third-order valence-corrected chi connectivity index (χ3v) is 4.50. The van der Waals surface area contributed by atoms with Gasteiger partial charge in [0.15, 0.2) is 11.5 Å². The minimum atomic E-state index is -0.391. The molecule has 0 saturated heterocycles. The molecule has 8 heteroatoms. The molecule has 0 radical (unpaired) electrons. The second-order valence-corrected chi connectivity index (χ2v) is 6.31. The van der Waals surface area contributed by atoms with Crippen LogP contribution in [0, 0.1) is 0 Å². The summed E-state index contributed by atoms with van der Waals surface area (Å²) in [4.78, 5) is 12.2. The predicted molar refractivity (Wildman–Crippen MR) is 106 cm³/mol. The molecule has 1 heterocycles. The molecule has 7 nitrogen and oxygen atoms in total. The fraction of sp³-hybridized carbons (Fsp3) is 0.105. The number of hydrogen-bond acceptors (Lipinski definition) is 5. The van der Waals surface area contributed by atoms with Crippen molar-refractivity contribution in [2.45, 2.75) is 0 Å². The lowest BCUT2D eigenvalue weighted by Gasteiger charge is -2.08. The first-order chi connectivity index (χ1) is 13.1. The molecular weight excluding hydrogens is 412 g/mol. The summed E-state index contributed by atoms with van der Waals surface area (Å²) in [5, 5.41) is 10.9. The van der Waals surface area contributed by atoms with Gasteiger partial charge in [-0.2, -0.15) is 10.2 Å². The van der Waals surface area contributed by atoms with Crippen LogP contribution in [0.1, 0.15) is 16.1 Å². The lowest BCUT2D eigenvalue weighted by molar-refractivity contribution is 0.0950. The molecule has 2 aromatic carbocycles. The monoisotopic (exact) mass is 428 g/mol. The SMILES string of the molecule is COc1ccc(-c2cc(C(=O)NN=Cc3ccccc3Br)[nH]n2)cc1OC. The predicted octanol–water partition coefficient (Wildman–Crippen LogP) is 3.62. The Morgan fingerprint density at radius 1 is 1.15 bits per heavy atom. The number of hydrogen-bond donors (Lipinski definition) is 2. The smallest absolute Gasteiger partial charge is 0.289 e. The van der Waals surface area contributed by atoms with E-state index < -0.39 is 5.91 Å². The van der Waals surface area contributed by atoms with Crippen molar-refractivity contribution in [1.82, 2.24) is 15.6 Å². The Bertz CT molecular complexity index is 985. The largest absolute Gasteiger partial charge is 0.493 e. The molecule has 2 N–H and O–H groups in total. The second kappa shape index (κ2) is 8.50. The standard InChI is InChI=1S/C19H17BrN4O3/c1-26-17-8-7-12(9-18(17)27-2)15-10-16(23-22-15)19(25)24-21-11-13-5-3-4-6-14(13)20/h3-11H,1-2H3,(H,22,23)(H,24,25). The number of rotatable bonds is 6. The number of benzene rings is 2. The summed E-state index contributed by atoms with van der Waals surface area (Å²) in [5.74, 6) is 0.815. The molecule has 3 aromatic rings. The number of ether oxygens (including phenoxy) is 2. The third kappa shape index (κ3) is 4.35. The van der Waals surface area contributed by atoms with Crippen LogP contribution >= 0.6 is 15.9 Å². The summed E-state index contributed by atoms with van der Waals surface area (Å²) in [6, 6.07) is 14.6. The average molecular weight is 429 g/mol. The third-order valence-electron chi connectivity index (χ3n) is 3.78. The number of aromatic amines is 1. The summed E-state index contributed by atoms with van der Waals surface area (Å²) < 4.78 is 11.4. The molecule has 138 valence electrons. The van der Waals surface area contributed by atoms with Gasteiger partial charge in [0, 0.05) is 15.6 Å². The van der Waals surface area contributed by atoms with Crippen molar-refractivity contribution in [2.75, 3.05) is 14.2 Å². The number of amides is 1. The number of nitrogens with zero attached hydrogens (tertiary/aromatic N) is 2. The summed E-state index contributed by atoms with van der Waals surface area (Å²) in [7, 11) is 3.14. The van der Waals surface area contributed by atoms with Crippen molar-refractivity contribution < 1.29 is 14.3 Å². The molecule has 0 saturated carbocycles. The first kappa shape index (κ1) is 18.7. The summed E-state index contributed by atoms with van der Waals surface area (Å²) in [6.45, 7) is 0. The van der Waals surface area contributed by atoms with Gasteiger partial charge in [-0.15, -0.1) is 0 Å². The first-order valence-electron chi connectivity index (χ1n) is 7.98. The molecule has 0 fully saturated rings. The van der Waals surface area contributed by atoms with Crippen molar-refractivity contribution >= 4 is 28.1 Å². The maximum Gasteiger partial charge on any atom is 0.289 e. The van der Waals surface area contributed by atoms with Gasteiger partial charge in [0.2, 0.25) is 0 Å². The Kier molecular flexibility index (Phi) is 5.87. The van der Waals surface area contributed by atoms with Crippen LogP contribution in [0.5, 0.6) is 11.5 Å². The highest BCUT2D eigenvalue weighted by molar-refractivity contribution is 9.10. The molecule has 1 amide bonds. The van der Waals surface area contributed by atoms with E-state index in [4.69, 9.17) is 9.47 Å². The Balaban J connectivity index is 1.72. The zero-order valence-corrected chi connectivity index (χ0v) is 16.3. The van der Waals surface area contributed by atoms with E-state index in [1.54, 1.807) is 38.6 Å². The Labute approximate surface area is 164 Å². The number of carbonyl (C=O) groups is 1. The van der Waals surface area contributed by atoms with Crippen molar-refractivity contribution in [2.24, 2.45) is 5.10 Å². The van der Waals surface area contributed by atoms with Crippen molar-refractivity contribution in [1.29, 1.82) is 0 Å².